The maximum Gasteiger partial charge on any atom is 0.101 e. The fourth-order valence-corrected chi connectivity index (χ4v) is 2.69. The Hall–Kier alpha value is -1.24. The number of hydrogen-bond donors (Lipinski definition) is 1. The van der Waals surface area contributed by atoms with Crippen molar-refractivity contribution in [3.63, 3.8) is 0 Å². The SMILES string of the molecule is Cc1c(N2CCC(C)(O)C2C)ccc(C#N)c1Cl. The third kappa shape index (κ3) is 1.96. The van der Waals surface area contributed by atoms with E-state index in [1.807, 2.05) is 26.8 Å². The van der Waals surface area contributed by atoms with Crippen molar-refractivity contribution in [2.45, 2.75) is 38.8 Å². The summed E-state index contributed by atoms with van der Waals surface area (Å²) in [5.74, 6) is 0. The van der Waals surface area contributed by atoms with E-state index in [1.165, 1.54) is 0 Å². The third-order valence-corrected chi connectivity index (χ3v) is 4.50. The number of nitrogens with zero attached hydrogens (tertiary/aromatic N) is 2. The van der Waals surface area contributed by atoms with Crippen molar-refractivity contribution in [1.82, 2.24) is 0 Å². The van der Waals surface area contributed by atoms with Gasteiger partial charge in [0.2, 0.25) is 0 Å². The first-order valence-corrected chi connectivity index (χ1v) is 6.44. The molecule has 1 aliphatic heterocycles. The molecule has 18 heavy (non-hydrogen) atoms. The van der Waals surface area contributed by atoms with E-state index in [-0.39, 0.29) is 6.04 Å². The molecule has 1 saturated heterocycles. The van der Waals surface area contributed by atoms with Crippen LogP contribution in [0.2, 0.25) is 5.02 Å². The van der Waals surface area contributed by atoms with Crippen LogP contribution in [-0.2, 0) is 0 Å². The molecule has 1 aromatic carbocycles. The molecule has 3 nitrogen and oxygen atoms in total. The second-order valence-electron chi connectivity index (χ2n) is 5.16. The summed E-state index contributed by atoms with van der Waals surface area (Å²) in [6.45, 7) is 6.59. The lowest BCUT2D eigenvalue weighted by Crippen LogP contribution is -2.40. The van der Waals surface area contributed by atoms with Gasteiger partial charge < -0.3 is 10.0 Å². The normalized spacial score (nSPS) is 27.3. The van der Waals surface area contributed by atoms with Crippen molar-refractivity contribution >= 4 is 17.3 Å². The smallest absolute Gasteiger partial charge is 0.101 e. The van der Waals surface area contributed by atoms with Crippen LogP contribution >= 0.6 is 11.6 Å². The average Bonchev–Trinajstić information content (AvgIpc) is 2.59. The minimum absolute atomic E-state index is 0.0419. The summed E-state index contributed by atoms with van der Waals surface area (Å²) in [7, 11) is 0. The molecule has 1 heterocycles. The van der Waals surface area contributed by atoms with E-state index in [1.54, 1.807) is 6.07 Å². The molecule has 0 spiro atoms. The Morgan fingerprint density at radius 1 is 1.56 bits per heavy atom. The van der Waals surface area contributed by atoms with E-state index in [2.05, 4.69) is 11.0 Å². The maximum atomic E-state index is 10.2. The molecule has 2 unspecified atom stereocenters. The average molecular weight is 265 g/mol. The highest BCUT2D eigenvalue weighted by molar-refractivity contribution is 6.32. The lowest BCUT2D eigenvalue weighted by Gasteiger charge is -2.31. The summed E-state index contributed by atoms with van der Waals surface area (Å²) in [5, 5.41) is 19.7. The summed E-state index contributed by atoms with van der Waals surface area (Å²) in [4.78, 5) is 2.16. The zero-order chi connectivity index (χ0) is 13.5. The maximum absolute atomic E-state index is 10.2. The van der Waals surface area contributed by atoms with Gasteiger partial charge in [-0.1, -0.05) is 11.6 Å². The van der Waals surface area contributed by atoms with Gasteiger partial charge in [-0.25, -0.2) is 0 Å². The summed E-state index contributed by atoms with van der Waals surface area (Å²) in [5.41, 5.74) is 1.73. The van der Waals surface area contributed by atoms with E-state index in [0.717, 1.165) is 24.2 Å². The highest BCUT2D eigenvalue weighted by Crippen LogP contribution is 2.37. The first kappa shape index (κ1) is 13.2. The topological polar surface area (TPSA) is 47.3 Å². The Morgan fingerprint density at radius 2 is 2.22 bits per heavy atom. The van der Waals surface area contributed by atoms with Crippen LogP contribution in [0.5, 0.6) is 0 Å². The molecule has 1 N–H and O–H groups in total. The Morgan fingerprint density at radius 3 is 2.72 bits per heavy atom. The fourth-order valence-electron chi connectivity index (χ4n) is 2.49. The number of halogens is 1. The van der Waals surface area contributed by atoms with Crippen LogP contribution in [0, 0.1) is 18.3 Å². The van der Waals surface area contributed by atoms with Gasteiger partial charge >= 0.3 is 0 Å². The second-order valence-corrected chi connectivity index (χ2v) is 5.54. The monoisotopic (exact) mass is 264 g/mol. The van der Waals surface area contributed by atoms with Gasteiger partial charge in [0.15, 0.2) is 0 Å². The molecule has 1 aliphatic rings. The molecule has 2 atom stereocenters. The van der Waals surface area contributed by atoms with Crippen molar-refractivity contribution in [2.24, 2.45) is 0 Å². The zero-order valence-corrected chi connectivity index (χ0v) is 11.6. The van der Waals surface area contributed by atoms with Crippen molar-refractivity contribution in [1.29, 1.82) is 5.26 Å². The van der Waals surface area contributed by atoms with E-state index < -0.39 is 5.60 Å². The van der Waals surface area contributed by atoms with Crippen LogP contribution in [0.1, 0.15) is 31.4 Å². The molecule has 0 saturated carbocycles. The lowest BCUT2D eigenvalue weighted by atomic mass is 9.98. The molecule has 0 radical (unpaired) electrons. The van der Waals surface area contributed by atoms with Crippen molar-refractivity contribution in [3.05, 3.63) is 28.3 Å². The van der Waals surface area contributed by atoms with Crippen LogP contribution in [0.3, 0.4) is 0 Å². The summed E-state index contributed by atoms with van der Waals surface area (Å²) in [6.07, 6.45) is 0.741. The summed E-state index contributed by atoms with van der Waals surface area (Å²) < 4.78 is 0. The number of nitriles is 1. The van der Waals surface area contributed by atoms with Gasteiger partial charge in [0.25, 0.3) is 0 Å². The molecule has 0 bridgehead atoms. The highest BCUT2D eigenvalue weighted by Gasteiger charge is 2.39. The minimum Gasteiger partial charge on any atom is -0.388 e. The molecule has 0 aliphatic carbocycles. The quantitative estimate of drug-likeness (QED) is 0.848. The Kier molecular flexibility index (Phi) is 3.27. The van der Waals surface area contributed by atoms with E-state index in [9.17, 15) is 5.11 Å². The largest absolute Gasteiger partial charge is 0.388 e. The van der Waals surface area contributed by atoms with Crippen LogP contribution in [0.25, 0.3) is 0 Å². The second kappa shape index (κ2) is 4.46. The first-order chi connectivity index (χ1) is 8.38. The van der Waals surface area contributed by atoms with Gasteiger partial charge in [0.05, 0.1) is 22.2 Å². The van der Waals surface area contributed by atoms with Crippen LogP contribution < -0.4 is 4.90 Å². The highest BCUT2D eigenvalue weighted by atomic mass is 35.5. The predicted molar refractivity (Wildman–Crippen MR) is 73.0 cm³/mol. The van der Waals surface area contributed by atoms with E-state index >= 15 is 0 Å². The van der Waals surface area contributed by atoms with Gasteiger partial charge in [0.1, 0.15) is 6.07 Å². The molecule has 1 fully saturated rings. The Labute approximate surface area is 113 Å². The van der Waals surface area contributed by atoms with Gasteiger partial charge in [0, 0.05) is 12.2 Å². The van der Waals surface area contributed by atoms with Crippen molar-refractivity contribution in [2.75, 3.05) is 11.4 Å². The number of benzene rings is 1. The first-order valence-electron chi connectivity index (χ1n) is 6.06. The molecular formula is C14H17ClN2O. The Balaban J connectivity index is 2.43. The molecule has 0 aromatic heterocycles. The molecular weight excluding hydrogens is 248 g/mol. The van der Waals surface area contributed by atoms with Gasteiger partial charge in [-0.3, -0.25) is 0 Å². The molecule has 4 heteroatoms. The van der Waals surface area contributed by atoms with E-state index in [4.69, 9.17) is 16.9 Å². The molecule has 2 rings (SSSR count). The molecule has 1 aromatic rings. The van der Waals surface area contributed by atoms with Crippen molar-refractivity contribution in [3.8, 4) is 6.07 Å². The summed E-state index contributed by atoms with van der Waals surface area (Å²) in [6, 6.07) is 5.78. The predicted octanol–water partition coefficient (Wildman–Crippen LogP) is 2.87. The van der Waals surface area contributed by atoms with Crippen LogP contribution in [0.15, 0.2) is 12.1 Å². The third-order valence-electron chi connectivity index (χ3n) is 4.01. The zero-order valence-electron chi connectivity index (χ0n) is 10.9. The molecule has 96 valence electrons. The van der Waals surface area contributed by atoms with Gasteiger partial charge in [-0.2, -0.15) is 5.26 Å². The Bertz CT molecular complexity index is 519. The summed E-state index contributed by atoms with van der Waals surface area (Å²) >= 11 is 6.18. The van der Waals surface area contributed by atoms with Crippen LogP contribution in [-0.4, -0.2) is 23.3 Å². The van der Waals surface area contributed by atoms with Crippen LogP contribution in [0.4, 0.5) is 5.69 Å². The molecule has 0 amide bonds. The number of hydrogen-bond acceptors (Lipinski definition) is 3. The standard InChI is InChI=1S/C14H17ClN2O/c1-9-12(5-4-11(8-16)13(9)15)17-7-6-14(3,18)10(17)2/h4-5,10,18H,6-7H2,1-3H3. The van der Waals surface area contributed by atoms with Crippen molar-refractivity contribution < 1.29 is 5.11 Å². The number of rotatable bonds is 1. The van der Waals surface area contributed by atoms with Gasteiger partial charge in [-0.15, -0.1) is 0 Å². The van der Waals surface area contributed by atoms with Gasteiger partial charge in [-0.05, 0) is 44.9 Å². The lowest BCUT2D eigenvalue weighted by molar-refractivity contribution is 0.0566. The number of anilines is 1. The minimum atomic E-state index is -0.674. The fraction of sp³-hybridized carbons (Fsp3) is 0.500. The number of aliphatic hydroxyl groups is 1. The van der Waals surface area contributed by atoms with E-state index in [0.29, 0.717) is 10.6 Å².